The van der Waals surface area contributed by atoms with Crippen molar-refractivity contribution in [1.29, 1.82) is 5.26 Å². The van der Waals surface area contributed by atoms with Gasteiger partial charge in [0.15, 0.2) is 0 Å². The van der Waals surface area contributed by atoms with Crippen LogP contribution in [0.1, 0.15) is 17.0 Å². The van der Waals surface area contributed by atoms with Gasteiger partial charge in [-0.1, -0.05) is 0 Å². The minimum atomic E-state index is 0.553. The number of hydrogen-bond donors (Lipinski definition) is 1. The summed E-state index contributed by atoms with van der Waals surface area (Å²) in [6, 6.07) is 9.73. The highest BCUT2D eigenvalue weighted by molar-refractivity contribution is 9.10. The molecule has 0 saturated carbocycles. The van der Waals surface area contributed by atoms with Crippen molar-refractivity contribution in [1.82, 2.24) is 4.98 Å². The van der Waals surface area contributed by atoms with Crippen LogP contribution in [0.15, 0.2) is 28.7 Å². The smallest absolute Gasteiger partial charge is 0.135 e. The number of benzene rings is 1. The normalized spacial score (nSPS) is 9.95. The van der Waals surface area contributed by atoms with Crippen LogP contribution >= 0.6 is 15.9 Å². The number of hydrogen-bond acceptors (Lipinski definition) is 4. The summed E-state index contributed by atoms with van der Waals surface area (Å²) in [5.41, 5.74) is 3.75. The first-order valence-corrected chi connectivity index (χ1v) is 6.83. The van der Waals surface area contributed by atoms with Gasteiger partial charge in [0.25, 0.3) is 0 Å². The van der Waals surface area contributed by atoms with Crippen molar-refractivity contribution < 1.29 is 4.74 Å². The zero-order valence-corrected chi connectivity index (χ0v) is 13.1. The zero-order chi connectivity index (χ0) is 14.7. The van der Waals surface area contributed by atoms with E-state index in [9.17, 15) is 5.26 Å². The molecule has 0 radical (unpaired) electrons. The molecule has 2 aromatic rings. The summed E-state index contributed by atoms with van der Waals surface area (Å²) in [5, 5.41) is 12.5. The van der Waals surface area contributed by atoms with Crippen molar-refractivity contribution in [2.24, 2.45) is 0 Å². The van der Waals surface area contributed by atoms with Crippen LogP contribution in [0, 0.1) is 25.2 Å². The van der Waals surface area contributed by atoms with Crippen molar-refractivity contribution >= 4 is 27.3 Å². The Labute approximate surface area is 126 Å². The first-order valence-electron chi connectivity index (χ1n) is 6.04. The van der Waals surface area contributed by atoms with E-state index in [1.807, 2.05) is 38.1 Å². The maximum Gasteiger partial charge on any atom is 0.135 e. The fraction of sp³-hybridized carbons (Fsp3) is 0.200. The van der Waals surface area contributed by atoms with Crippen LogP contribution in [0.3, 0.4) is 0 Å². The van der Waals surface area contributed by atoms with Crippen molar-refractivity contribution in [3.05, 3.63) is 45.7 Å². The van der Waals surface area contributed by atoms with Crippen LogP contribution in [-0.2, 0) is 0 Å². The second kappa shape index (κ2) is 5.93. The molecule has 0 atom stereocenters. The van der Waals surface area contributed by atoms with Crippen LogP contribution < -0.4 is 10.1 Å². The van der Waals surface area contributed by atoms with Crippen LogP contribution in [0.4, 0.5) is 11.4 Å². The van der Waals surface area contributed by atoms with E-state index < -0.39 is 0 Å². The van der Waals surface area contributed by atoms with E-state index >= 15 is 0 Å². The van der Waals surface area contributed by atoms with E-state index in [0.717, 1.165) is 33.0 Å². The van der Waals surface area contributed by atoms with Crippen LogP contribution in [0.5, 0.6) is 5.75 Å². The molecule has 0 fully saturated rings. The Bertz CT molecular complexity index is 692. The maximum atomic E-state index is 9.25. The highest BCUT2D eigenvalue weighted by atomic mass is 79.9. The summed E-state index contributed by atoms with van der Waals surface area (Å²) in [5.74, 6) is 0.732. The number of nitriles is 1. The number of nitrogens with zero attached hydrogens (tertiary/aromatic N) is 2. The van der Waals surface area contributed by atoms with Gasteiger partial charge in [0, 0.05) is 17.4 Å². The molecule has 1 aromatic carbocycles. The quantitative estimate of drug-likeness (QED) is 0.920. The lowest BCUT2D eigenvalue weighted by Gasteiger charge is -2.12. The Morgan fingerprint density at radius 2 is 2.05 bits per heavy atom. The molecule has 0 aliphatic rings. The predicted molar refractivity (Wildman–Crippen MR) is 82.4 cm³/mol. The number of ether oxygens (including phenoxy) is 1. The van der Waals surface area contributed by atoms with Crippen LogP contribution in [0.2, 0.25) is 0 Å². The van der Waals surface area contributed by atoms with E-state index in [2.05, 4.69) is 32.3 Å². The molecule has 102 valence electrons. The van der Waals surface area contributed by atoms with Crippen LogP contribution in [0.25, 0.3) is 0 Å². The molecule has 1 N–H and O–H groups in total. The second-order valence-electron chi connectivity index (χ2n) is 4.36. The predicted octanol–water partition coefficient (Wildman–Crippen LogP) is 4.08. The highest BCUT2D eigenvalue weighted by Crippen LogP contribution is 2.30. The summed E-state index contributed by atoms with van der Waals surface area (Å²) in [6.07, 6.45) is 0. The topological polar surface area (TPSA) is 57.9 Å². The molecule has 0 spiro atoms. The van der Waals surface area contributed by atoms with Gasteiger partial charge in [0.2, 0.25) is 0 Å². The number of halogens is 1. The molecule has 2 rings (SSSR count). The number of anilines is 2. The van der Waals surface area contributed by atoms with Gasteiger partial charge in [-0.2, -0.15) is 5.26 Å². The fourth-order valence-electron chi connectivity index (χ4n) is 1.96. The van der Waals surface area contributed by atoms with E-state index in [-0.39, 0.29) is 0 Å². The summed E-state index contributed by atoms with van der Waals surface area (Å²) in [7, 11) is 1.62. The molecule has 20 heavy (non-hydrogen) atoms. The average Bonchev–Trinajstić information content (AvgIpc) is 2.40. The Hall–Kier alpha value is -2.06. The third-order valence-corrected chi connectivity index (χ3v) is 3.53. The standard InChI is InChI=1S/C15H14BrN3O/c1-9-6-14(12(8-17)10(2)18-9)19-11-4-5-13(16)15(7-11)20-3/h4-7H,1-3H3,(H,18,19). The molecular formula is C15H14BrN3O. The number of aromatic nitrogens is 1. The summed E-state index contributed by atoms with van der Waals surface area (Å²) in [4.78, 5) is 4.30. The molecule has 4 nitrogen and oxygen atoms in total. The summed E-state index contributed by atoms with van der Waals surface area (Å²) < 4.78 is 6.15. The minimum absolute atomic E-state index is 0.553. The van der Waals surface area contributed by atoms with Gasteiger partial charge in [-0.15, -0.1) is 0 Å². The van der Waals surface area contributed by atoms with Crippen molar-refractivity contribution in [3.8, 4) is 11.8 Å². The third-order valence-electron chi connectivity index (χ3n) is 2.87. The molecule has 5 heteroatoms. The minimum Gasteiger partial charge on any atom is -0.495 e. The molecule has 0 amide bonds. The third kappa shape index (κ3) is 2.91. The Morgan fingerprint density at radius 3 is 2.70 bits per heavy atom. The largest absolute Gasteiger partial charge is 0.495 e. The van der Waals surface area contributed by atoms with Gasteiger partial charge < -0.3 is 10.1 Å². The molecule has 0 unspecified atom stereocenters. The van der Waals surface area contributed by atoms with E-state index in [0.29, 0.717) is 5.56 Å². The monoisotopic (exact) mass is 331 g/mol. The maximum absolute atomic E-state index is 9.25. The van der Waals surface area contributed by atoms with Gasteiger partial charge in [0.1, 0.15) is 11.8 Å². The van der Waals surface area contributed by atoms with Gasteiger partial charge in [0.05, 0.1) is 28.5 Å². The molecule has 1 aromatic heterocycles. The average molecular weight is 332 g/mol. The molecule has 0 aliphatic heterocycles. The second-order valence-corrected chi connectivity index (χ2v) is 5.21. The molecule has 1 heterocycles. The molecule has 0 saturated heterocycles. The van der Waals surface area contributed by atoms with E-state index in [1.54, 1.807) is 7.11 Å². The summed E-state index contributed by atoms with van der Waals surface area (Å²) in [6.45, 7) is 3.74. The van der Waals surface area contributed by atoms with Gasteiger partial charge in [-0.25, -0.2) is 0 Å². The number of methoxy groups -OCH3 is 1. The van der Waals surface area contributed by atoms with E-state index in [1.165, 1.54) is 0 Å². The Morgan fingerprint density at radius 1 is 1.30 bits per heavy atom. The number of rotatable bonds is 3. The highest BCUT2D eigenvalue weighted by Gasteiger charge is 2.09. The van der Waals surface area contributed by atoms with E-state index in [4.69, 9.17) is 4.74 Å². The van der Waals surface area contributed by atoms with Gasteiger partial charge >= 0.3 is 0 Å². The Balaban J connectivity index is 2.42. The fourth-order valence-corrected chi connectivity index (χ4v) is 2.37. The number of pyridine rings is 1. The Kier molecular flexibility index (Phi) is 4.26. The van der Waals surface area contributed by atoms with Gasteiger partial charge in [-0.3, -0.25) is 4.98 Å². The first kappa shape index (κ1) is 14.4. The molecular weight excluding hydrogens is 318 g/mol. The number of aryl methyl sites for hydroxylation is 2. The lowest BCUT2D eigenvalue weighted by Crippen LogP contribution is -2.00. The lowest BCUT2D eigenvalue weighted by molar-refractivity contribution is 0.412. The van der Waals surface area contributed by atoms with Crippen molar-refractivity contribution in [3.63, 3.8) is 0 Å². The SMILES string of the molecule is COc1cc(Nc2cc(C)nc(C)c2C#N)ccc1Br. The lowest BCUT2D eigenvalue weighted by atomic mass is 10.1. The number of nitrogens with one attached hydrogen (secondary N) is 1. The van der Waals surface area contributed by atoms with Crippen molar-refractivity contribution in [2.75, 3.05) is 12.4 Å². The van der Waals surface area contributed by atoms with Crippen LogP contribution in [-0.4, -0.2) is 12.1 Å². The first-order chi connectivity index (χ1) is 9.55. The summed E-state index contributed by atoms with van der Waals surface area (Å²) >= 11 is 3.41. The molecule has 0 aliphatic carbocycles. The van der Waals surface area contributed by atoms with Crippen molar-refractivity contribution in [2.45, 2.75) is 13.8 Å². The van der Waals surface area contributed by atoms with Gasteiger partial charge in [-0.05, 0) is 48.0 Å². The zero-order valence-electron chi connectivity index (χ0n) is 11.5. The molecule has 0 bridgehead atoms.